The van der Waals surface area contributed by atoms with E-state index in [-0.39, 0.29) is 19.1 Å². The van der Waals surface area contributed by atoms with E-state index in [1.54, 1.807) is 42.5 Å². The summed E-state index contributed by atoms with van der Waals surface area (Å²) in [4.78, 5) is 24.0. The van der Waals surface area contributed by atoms with Gasteiger partial charge >= 0.3 is 5.97 Å². The van der Waals surface area contributed by atoms with Crippen LogP contribution in [0.4, 0.5) is 0 Å². The van der Waals surface area contributed by atoms with Gasteiger partial charge in [0.05, 0.1) is 10.0 Å². The number of hydrogen-bond acceptors (Lipinski definition) is 4. The lowest BCUT2D eigenvalue weighted by Gasteiger charge is -2.08. The van der Waals surface area contributed by atoms with Crippen molar-refractivity contribution in [2.75, 3.05) is 6.54 Å². The molecule has 0 atom stereocenters. The topological polar surface area (TPSA) is 64.6 Å². The number of amides is 1. The molecule has 3 rings (SSSR count). The molecule has 0 saturated carbocycles. The van der Waals surface area contributed by atoms with Gasteiger partial charge in [-0.3, -0.25) is 9.59 Å². The lowest BCUT2D eigenvalue weighted by molar-refractivity contribution is -0.143. The fraction of sp³-hybridized carbons (Fsp3) is 0.0909. The number of benzene rings is 3. The zero-order valence-corrected chi connectivity index (χ0v) is 16.7. The lowest BCUT2D eigenvalue weighted by atomic mass is 10.2. The average Bonchev–Trinajstić information content (AvgIpc) is 2.74. The van der Waals surface area contributed by atoms with Gasteiger partial charge in [0.2, 0.25) is 0 Å². The molecule has 3 aromatic carbocycles. The highest BCUT2D eigenvalue weighted by Gasteiger charge is 2.10. The molecule has 0 aromatic heterocycles. The minimum atomic E-state index is -0.562. The molecular formula is C22H17Cl2NO4. The number of rotatable bonds is 7. The average molecular weight is 430 g/mol. The Balaban J connectivity index is 1.45. The standard InChI is InChI=1S/C22H17Cl2NO4/c23-19-11-6-15(12-20(19)24)14-28-21(26)13-25-22(27)16-7-9-18(10-8-16)29-17-4-2-1-3-5-17/h1-12H,13-14H2,(H,25,27). The van der Waals surface area contributed by atoms with Crippen molar-refractivity contribution in [3.05, 3.63) is 94.0 Å². The summed E-state index contributed by atoms with van der Waals surface area (Å²) in [5, 5.41) is 3.33. The fourth-order valence-corrected chi connectivity index (χ4v) is 2.72. The number of carbonyl (C=O) groups excluding carboxylic acids is 2. The summed E-state index contributed by atoms with van der Waals surface area (Å²) >= 11 is 11.8. The number of nitrogens with one attached hydrogen (secondary N) is 1. The summed E-state index contributed by atoms with van der Waals surface area (Å²) in [6.45, 7) is -0.209. The second-order valence-electron chi connectivity index (χ2n) is 6.03. The number of ether oxygens (including phenoxy) is 2. The van der Waals surface area contributed by atoms with Crippen LogP contribution in [0, 0.1) is 0 Å². The third-order valence-corrected chi connectivity index (χ3v) is 4.61. The molecule has 0 aliphatic carbocycles. The van der Waals surface area contributed by atoms with Gasteiger partial charge in [-0.05, 0) is 54.1 Å². The Bertz CT molecular complexity index is 991. The minimum Gasteiger partial charge on any atom is -0.460 e. The summed E-state index contributed by atoms with van der Waals surface area (Å²) in [7, 11) is 0. The first-order valence-corrected chi connectivity index (χ1v) is 9.47. The van der Waals surface area contributed by atoms with Crippen LogP contribution in [0.5, 0.6) is 11.5 Å². The molecule has 0 saturated heterocycles. The maximum Gasteiger partial charge on any atom is 0.325 e. The highest BCUT2D eigenvalue weighted by Crippen LogP contribution is 2.23. The normalized spacial score (nSPS) is 10.3. The Morgan fingerprint density at radius 2 is 1.52 bits per heavy atom. The van der Waals surface area contributed by atoms with Crippen LogP contribution in [0.25, 0.3) is 0 Å². The van der Waals surface area contributed by atoms with Crippen molar-refractivity contribution in [3.8, 4) is 11.5 Å². The van der Waals surface area contributed by atoms with E-state index in [0.717, 1.165) is 0 Å². The molecule has 0 radical (unpaired) electrons. The predicted molar refractivity (Wildman–Crippen MR) is 112 cm³/mol. The van der Waals surface area contributed by atoms with Gasteiger partial charge in [-0.2, -0.15) is 0 Å². The van der Waals surface area contributed by atoms with Crippen molar-refractivity contribution in [1.29, 1.82) is 0 Å². The molecule has 0 aliphatic rings. The number of halogens is 2. The minimum absolute atomic E-state index is 0.0388. The molecule has 29 heavy (non-hydrogen) atoms. The van der Waals surface area contributed by atoms with Crippen molar-refractivity contribution in [2.24, 2.45) is 0 Å². The Morgan fingerprint density at radius 3 is 2.21 bits per heavy atom. The van der Waals surface area contributed by atoms with Gasteiger partial charge in [0.1, 0.15) is 24.7 Å². The summed E-state index contributed by atoms with van der Waals surface area (Å²) in [5.41, 5.74) is 1.11. The largest absolute Gasteiger partial charge is 0.460 e. The zero-order valence-electron chi connectivity index (χ0n) is 15.2. The third kappa shape index (κ3) is 6.24. The van der Waals surface area contributed by atoms with Crippen LogP contribution in [0.3, 0.4) is 0 Å². The van der Waals surface area contributed by atoms with Crippen LogP contribution in [-0.4, -0.2) is 18.4 Å². The van der Waals surface area contributed by atoms with Crippen molar-refractivity contribution < 1.29 is 19.1 Å². The van der Waals surface area contributed by atoms with Gasteiger partial charge in [0.25, 0.3) is 5.91 Å². The number of para-hydroxylation sites is 1. The molecule has 0 aliphatic heterocycles. The van der Waals surface area contributed by atoms with Crippen LogP contribution in [-0.2, 0) is 16.1 Å². The maximum atomic E-state index is 12.2. The molecule has 1 amide bonds. The molecule has 7 heteroatoms. The van der Waals surface area contributed by atoms with Gasteiger partial charge in [0.15, 0.2) is 0 Å². The number of carbonyl (C=O) groups is 2. The quantitative estimate of drug-likeness (QED) is 0.520. The Labute approximate surface area is 178 Å². The molecule has 148 valence electrons. The fourth-order valence-electron chi connectivity index (χ4n) is 2.40. The van der Waals surface area contributed by atoms with Gasteiger partial charge in [-0.15, -0.1) is 0 Å². The molecule has 0 bridgehead atoms. The number of hydrogen-bond donors (Lipinski definition) is 1. The summed E-state index contributed by atoms with van der Waals surface area (Å²) in [5.74, 6) is 0.361. The monoisotopic (exact) mass is 429 g/mol. The van der Waals surface area contributed by atoms with Crippen LogP contribution in [0.15, 0.2) is 72.8 Å². The molecule has 1 N–H and O–H groups in total. The molecule has 0 fully saturated rings. The zero-order chi connectivity index (χ0) is 20.6. The van der Waals surface area contributed by atoms with Crippen molar-refractivity contribution >= 4 is 35.1 Å². The SMILES string of the molecule is O=C(CNC(=O)c1ccc(Oc2ccccc2)cc1)OCc1ccc(Cl)c(Cl)c1. The Morgan fingerprint density at radius 1 is 0.828 bits per heavy atom. The molecule has 0 unspecified atom stereocenters. The van der Waals surface area contributed by atoms with Crippen molar-refractivity contribution in [1.82, 2.24) is 5.32 Å². The van der Waals surface area contributed by atoms with E-state index in [1.807, 2.05) is 30.3 Å². The summed E-state index contributed by atoms with van der Waals surface area (Å²) < 4.78 is 10.8. The van der Waals surface area contributed by atoms with Gasteiger partial charge in [-0.1, -0.05) is 47.5 Å². The first-order chi connectivity index (χ1) is 14.0. The van der Waals surface area contributed by atoms with E-state index in [1.165, 1.54) is 0 Å². The summed E-state index contributed by atoms with van der Waals surface area (Å²) in [6, 6.07) is 20.9. The first kappa shape index (κ1) is 20.7. The van der Waals surface area contributed by atoms with Gasteiger partial charge < -0.3 is 14.8 Å². The number of esters is 1. The highest BCUT2D eigenvalue weighted by molar-refractivity contribution is 6.42. The Kier molecular flexibility index (Phi) is 7.11. The van der Waals surface area contributed by atoms with Crippen molar-refractivity contribution in [3.63, 3.8) is 0 Å². The smallest absolute Gasteiger partial charge is 0.325 e. The molecular weight excluding hydrogens is 413 g/mol. The van der Waals surface area contributed by atoms with Crippen LogP contribution in [0.1, 0.15) is 15.9 Å². The summed E-state index contributed by atoms with van der Waals surface area (Å²) in [6.07, 6.45) is 0. The van der Waals surface area contributed by atoms with Gasteiger partial charge in [-0.25, -0.2) is 0 Å². The van der Waals surface area contributed by atoms with Crippen molar-refractivity contribution in [2.45, 2.75) is 6.61 Å². The predicted octanol–water partition coefficient (Wildman–Crippen LogP) is 5.26. The first-order valence-electron chi connectivity index (χ1n) is 8.72. The lowest BCUT2D eigenvalue weighted by Crippen LogP contribution is -2.30. The molecule has 3 aromatic rings. The van der Waals surface area contributed by atoms with Crippen LogP contribution >= 0.6 is 23.2 Å². The van der Waals surface area contributed by atoms with E-state index in [2.05, 4.69) is 5.32 Å². The van der Waals surface area contributed by atoms with Crippen LogP contribution in [0.2, 0.25) is 10.0 Å². The molecule has 5 nitrogen and oxygen atoms in total. The third-order valence-electron chi connectivity index (χ3n) is 3.87. The second kappa shape index (κ2) is 9.96. The second-order valence-corrected chi connectivity index (χ2v) is 6.85. The van der Waals surface area contributed by atoms with E-state index >= 15 is 0 Å². The maximum absolute atomic E-state index is 12.2. The molecule has 0 spiro atoms. The van der Waals surface area contributed by atoms with E-state index in [4.69, 9.17) is 32.7 Å². The van der Waals surface area contributed by atoms with Gasteiger partial charge in [0, 0.05) is 5.56 Å². The van der Waals surface area contributed by atoms with Crippen LogP contribution < -0.4 is 10.1 Å². The molecule has 0 heterocycles. The van der Waals surface area contributed by atoms with E-state index in [9.17, 15) is 9.59 Å². The van der Waals surface area contributed by atoms with E-state index < -0.39 is 5.97 Å². The Hall–Kier alpha value is -3.02. The van der Waals surface area contributed by atoms with E-state index in [0.29, 0.717) is 32.7 Å². The highest BCUT2D eigenvalue weighted by atomic mass is 35.5.